The van der Waals surface area contributed by atoms with Crippen LogP contribution >= 0.6 is 11.6 Å². The number of benzene rings is 3. The van der Waals surface area contributed by atoms with Crippen LogP contribution in [-0.2, 0) is 0 Å². The Hall–Kier alpha value is -2.58. The molecule has 0 aliphatic rings. The van der Waals surface area contributed by atoms with Crippen LogP contribution in [0.3, 0.4) is 0 Å². The van der Waals surface area contributed by atoms with Crippen LogP contribution in [-0.4, -0.2) is 4.40 Å². The molecule has 5 rings (SSSR count). The smallest absolute Gasteiger partial charge is 0.198 e. The molecule has 0 fully saturated rings. The van der Waals surface area contributed by atoms with Crippen molar-refractivity contribution in [1.82, 2.24) is 4.40 Å². The second-order valence-electron chi connectivity index (χ2n) is 5.52. The molecule has 0 saturated carbocycles. The zero-order chi connectivity index (χ0) is 14.8. The minimum atomic E-state index is 0.00139. The molecule has 2 aromatic heterocycles. The van der Waals surface area contributed by atoms with Crippen molar-refractivity contribution in [3.63, 3.8) is 0 Å². The number of hydrogen-bond acceptors (Lipinski definition) is 1. The van der Waals surface area contributed by atoms with Gasteiger partial charge >= 0.3 is 0 Å². The molecule has 0 unspecified atom stereocenters. The van der Waals surface area contributed by atoms with Gasteiger partial charge in [0.25, 0.3) is 0 Å². The van der Waals surface area contributed by atoms with Gasteiger partial charge in [0, 0.05) is 16.2 Å². The fourth-order valence-corrected chi connectivity index (χ4v) is 3.73. The van der Waals surface area contributed by atoms with E-state index < -0.39 is 0 Å². The molecule has 0 N–H and O–H groups in total. The zero-order valence-electron chi connectivity index (χ0n) is 11.5. The van der Waals surface area contributed by atoms with Gasteiger partial charge in [-0.25, -0.2) is 0 Å². The van der Waals surface area contributed by atoms with Crippen LogP contribution in [0.2, 0.25) is 5.02 Å². The van der Waals surface area contributed by atoms with Crippen LogP contribution in [0.15, 0.2) is 65.5 Å². The van der Waals surface area contributed by atoms with E-state index in [-0.39, 0.29) is 5.43 Å². The van der Waals surface area contributed by atoms with E-state index in [4.69, 9.17) is 11.6 Å². The standard InChI is InChI=1S/C19H10ClNO/c20-14-10-9-12-11-5-1-3-7-15(11)21-16-8-4-2-6-13(16)19(22)17(14)18(12)21/h1-10H. The predicted octanol–water partition coefficient (Wildman–Crippen LogP) is 4.85. The summed E-state index contributed by atoms with van der Waals surface area (Å²) in [6.45, 7) is 0. The van der Waals surface area contributed by atoms with Crippen LogP contribution < -0.4 is 5.43 Å². The highest BCUT2D eigenvalue weighted by Gasteiger charge is 2.18. The molecule has 5 aromatic rings. The number of aromatic nitrogens is 1. The molecule has 0 saturated heterocycles. The SMILES string of the molecule is O=c1c2ccccc2n2c3ccccc3c3ccc(Cl)c1c32. The maximum absolute atomic E-state index is 12.9. The summed E-state index contributed by atoms with van der Waals surface area (Å²) in [5.41, 5.74) is 2.94. The van der Waals surface area contributed by atoms with E-state index in [2.05, 4.69) is 16.5 Å². The highest BCUT2D eigenvalue weighted by Crippen LogP contribution is 2.35. The van der Waals surface area contributed by atoms with Crippen molar-refractivity contribution in [2.45, 2.75) is 0 Å². The first-order valence-electron chi connectivity index (χ1n) is 7.13. The molecule has 0 bridgehead atoms. The third kappa shape index (κ3) is 1.29. The Kier molecular flexibility index (Phi) is 2.18. The summed E-state index contributed by atoms with van der Waals surface area (Å²) in [4.78, 5) is 12.9. The van der Waals surface area contributed by atoms with E-state index in [0.29, 0.717) is 15.8 Å². The summed E-state index contributed by atoms with van der Waals surface area (Å²) in [7, 11) is 0. The number of rotatable bonds is 0. The quantitative estimate of drug-likeness (QED) is 0.375. The fourth-order valence-electron chi connectivity index (χ4n) is 3.49. The lowest BCUT2D eigenvalue weighted by molar-refractivity contribution is 1.34. The van der Waals surface area contributed by atoms with Crippen LogP contribution in [0.5, 0.6) is 0 Å². The number of para-hydroxylation sites is 2. The molecule has 0 radical (unpaired) electrons. The summed E-state index contributed by atoms with van der Waals surface area (Å²) < 4.78 is 2.16. The molecular weight excluding hydrogens is 294 g/mol. The molecule has 0 spiro atoms. The van der Waals surface area contributed by atoms with Gasteiger partial charge in [-0.3, -0.25) is 4.79 Å². The molecule has 2 heterocycles. The summed E-state index contributed by atoms with van der Waals surface area (Å²) in [5, 5.41) is 4.02. The number of halogens is 1. The Morgan fingerprint density at radius 1 is 0.727 bits per heavy atom. The largest absolute Gasteiger partial charge is 0.308 e. The number of hydrogen-bond donors (Lipinski definition) is 0. The Morgan fingerprint density at radius 2 is 1.36 bits per heavy atom. The summed E-state index contributed by atoms with van der Waals surface area (Å²) in [5.74, 6) is 0. The Balaban J connectivity index is 2.35. The third-order valence-corrected chi connectivity index (χ3v) is 4.72. The van der Waals surface area contributed by atoms with Gasteiger partial charge in [-0.15, -0.1) is 0 Å². The summed E-state index contributed by atoms with van der Waals surface area (Å²) >= 11 is 6.36. The lowest BCUT2D eigenvalue weighted by atomic mass is 10.1. The minimum absolute atomic E-state index is 0.00139. The zero-order valence-corrected chi connectivity index (χ0v) is 12.3. The fraction of sp³-hybridized carbons (Fsp3) is 0. The second-order valence-corrected chi connectivity index (χ2v) is 5.92. The van der Waals surface area contributed by atoms with Gasteiger partial charge in [0.1, 0.15) is 0 Å². The van der Waals surface area contributed by atoms with Crippen molar-refractivity contribution in [2.75, 3.05) is 0 Å². The lowest BCUT2D eigenvalue weighted by Crippen LogP contribution is -2.06. The Labute approximate surface area is 130 Å². The average molecular weight is 304 g/mol. The predicted molar refractivity (Wildman–Crippen MR) is 92.4 cm³/mol. The van der Waals surface area contributed by atoms with Crippen LogP contribution in [0.4, 0.5) is 0 Å². The second kappa shape index (κ2) is 3.99. The molecule has 0 amide bonds. The van der Waals surface area contributed by atoms with E-state index in [1.54, 1.807) is 0 Å². The monoisotopic (exact) mass is 303 g/mol. The molecule has 2 nitrogen and oxygen atoms in total. The molecule has 0 aliphatic carbocycles. The normalized spacial score (nSPS) is 12.0. The lowest BCUT2D eigenvalue weighted by Gasteiger charge is -2.07. The van der Waals surface area contributed by atoms with Gasteiger partial charge in [-0.2, -0.15) is 0 Å². The maximum Gasteiger partial charge on any atom is 0.198 e. The van der Waals surface area contributed by atoms with E-state index in [1.807, 2.05) is 48.5 Å². The van der Waals surface area contributed by atoms with Crippen molar-refractivity contribution < 1.29 is 0 Å². The molecular formula is C19H10ClNO. The van der Waals surface area contributed by atoms with E-state index in [1.165, 1.54) is 0 Å². The molecule has 22 heavy (non-hydrogen) atoms. The Morgan fingerprint density at radius 3 is 2.14 bits per heavy atom. The van der Waals surface area contributed by atoms with Gasteiger partial charge in [-0.05, 0) is 24.3 Å². The highest BCUT2D eigenvalue weighted by molar-refractivity contribution is 6.37. The number of fused-ring (bicyclic) bond motifs is 5. The van der Waals surface area contributed by atoms with E-state index in [9.17, 15) is 4.79 Å². The molecule has 0 aliphatic heterocycles. The van der Waals surface area contributed by atoms with Crippen LogP contribution in [0.1, 0.15) is 0 Å². The van der Waals surface area contributed by atoms with Crippen molar-refractivity contribution in [1.29, 1.82) is 0 Å². The van der Waals surface area contributed by atoms with E-state index >= 15 is 0 Å². The highest BCUT2D eigenvalue weighted by atomic mass is 35.5. The summed E-state index contributed by atoms with van der Waals surface area (Å²) in [6, 6.07) is 19.7. The van der Waals surface area contributed by atoms with Crippen molar-refractivity contribution in [3.05, 3.63) is 75.9 Å². The average Bonchev–Trinajstić information content (AvgIpc) is 2.88. The van der Waals surface area contributed by atoms with Crippen molar-refractivity contribution in [3.8, 4) is 0 Å². The number of pyridine rings is 1. The maximum atomic E-state index is 12.9. The third-order valence-electron chi connectivity index (χ3n) is 4.40. The van der Waals surface area contributed by atoms with Crippen molar-refractivity contribution >= 4 is 49.7 Å². The molecule has 3 aromatic carbocycles. The molecule has 0 atom stereocenters. The first-order valence-corrected chi connectivity index (χ1v) is 7.51. The first kappa shape index (κ1) is 12.0. The Bertz CT molecular complexity index is 1250. The molecule has 104 valence electrons. The number of nitrogens with zero attached hydrogens (tertiary/aromatic N) is 1. The molecule has 3 heteroatoms. The van der Waals surface area contributed by atoms with Crippen molar-refractivity contribution in [2.24, 2.45) is 0 Å². The van der Waals surface area contributed by atoms with E-state index in [0.717, 1.165) is 27.3 Å². The van der Waals surface area contributed by atoms with Gasteiger partial charge < -0.3 is 4.40 Å². The first-order chi connectivity index (χ1) is 10.8. The minimum Gasteiger partial charge on any atom is -0.308 e. The van der Waals surface area contributed by atoms with Gasteiger partial charge in [-0.1, -0.05) is 48.0 Å². The summed E-state index contributed by atoms with van der Waals surface area (Å²) in [6.07, 6.45) is 0. The van der Waals surface area contributed by atoms with Gasteiger partial charge in [0.2, 0.25) is 0 Å². The van der Waals surface area contributed by atoms with Crippen LogP contribution in [0, 0.1) is 0 Å². The van der Waals surface area contributed by atoms with Gasteiger partial charge in [0.05, 0.1) is 27.0 Å². The van der Waals surface area contributed by atoms with Crippen LogP contribution in [0.25, 0.3) is 38.1 Å². The van der Waals surface area contributed by atoms with Gasteiger partial charge in [0.15, 0.2) is 5.43 Å². The topological polar surface area (TPSA) is 21.5 Å².